The average Bonchev–Trinajstić information content (AvgIpc) is 3.06. The van der Waals surface area contributed by atoms with Crippen molar-refractivity contribution < 1.29 is 23.8 Å². The summed E-state index contributed by atoms with van der Waals surface area (Å²) < 4.78 is 19.0. The zero-order chi connectivity index (χ0) is 22.1. The van der Waals surface area contributed by atoms with E-state index in [-0.39, 0.29) is 22.0 Å². The maximum absolute atomic E-state index is 13.7. The van der Waals surface area contributed by atoms with Gasteiger partial charge >= 0.3 is 0 Å². The van der Waals surface area contributed by atoms with Crippen LogP contribution in [-0.4, -0.2) is 23.9 Å². The van der Waals surface area contributed by atoms with Gasteiger partial charge in [-0.1, -0.05) is 54.1 Å². The lowest BCUT2D eigenvalue weighted by Crippen LogP contribution is -2.29. The highest BCUT2D eigenvalue weighted by molar-refractivity contribution is 6.51. The quantitative estimate of drug-likeness (QED) is 0.350. The van der Waals surface area contributed by atoms with E-state index in [1.54, 1.807) is 54.6 Å². The van der Waals surface area contributed by atoms with Gasteiger partial charge in [0.05, 0.1) is 23.7 Å². The monoisotopic (exact) mass is 437 g/mol. The summed E-state index contributed by atoms with van der Waals surface area (Å²) in [5.41, 5.74) is 1.08. The molecule has 1 amide bonds. The Morgan fingerprint density at radius 3 is 2.45 bits per heavy atom. The van der Waals surface area contributed by atoms with Crippen molar-refractivity contribution in [3.8, 4) is 5.75 Å². The van der Waals surface area contributed by atoms with Crippen molar-refractivity contribution in [1.82, 2.24) is 0 Å². The van der Waals surface area contributed by atoms with Crippen LogP contribution < -0.4 is 9.64 Å². The van der Waals surface area contributed by atoms with E-state index in [1.807, 2.05) is 0 Å². The molecule has 1 unspecified atom stereocenters. The third-order valence-electron chi connectivity index (χ3n) is 5.08. The van der Waals surface area contributed by atoms with Crippen molar-refractivity contribution in [3.63, 3.8) is 0 Å². The average molecular weight is 438 g/mol. The second kappa shape index (κ2) is 8.24. The van der Waals surface area contributed by atoms with Crippen molar-refractivity contribution in [3.05, 3.63) is 100 Å². The molecule has 1 aliphatic rings. The van der Waals surface area contributed by atoms with E-state index >= 15 is 0 Å². The number of aliphatic hydroxyl groups is 1. The standard InChI is InChI=1S/C24H17ClFNO4/c1-31-17-9-5-8-15(12-17)21-20(22(28)14-6-3-2-4-7-14)23(29)24(30)27(21)16-10-11-19(26)18(25)13-16/h2-13,21,28H,1H3/b22-20+. The molecule has 1 aliphatic heterocycles. The van der Waals surface area contributed by atoms with Crippen molar-refractivity contribution in [1.29, 1.82) is 0 Å². The molecule has 0 bridgehead atoms. The summed E-state index contributed by atoms with van der Waals surface area (Å²) in [6.45, 7) is 0. The second-order valence-electron chi connectivity index (χ2n) is 6.91. The zero-order valence-corrected chi connectivity index (χ0v) is 17.1. The molecule has 1 fully saturated rings. The fourth-order valence-corrected chi connectivity index (χ4v) is 3.79. The number of nitrogens with zero attached hydrogens (tertiary/aromatic N) is 1. The number of methoxy groups -OCH3 is 1. The first-order valence-electron chi connectivity index (χ1n) is 9.38. The third kappa shape index (κ3) is 3.66. The van der Waals surface area contributed by atoms with E-state index in [9.17, 15) is 19.1 Å². The van der Waals surface area contributed by atoms with Crippen LogP contribution >= 0.6 is 11.6 Å². The summed E-state index contributed by atoms with van der Waals surface area (Å²) >= 11 is 5.93. The molecule has 1 heterocycles. The van der Waals surface area contributed by atoms with Gasteiger partial charge in [-0.2, -0.15) is 0 Å². The number of hydrogen-bond acceptors (Lipinski definition) is 4. The molecule has 0 aromatic heterocycles. The number of Topliss-reactive ketones (excluding diaryl/α,β-unsaturated/α-hetero) is 1. The maximum atomic E-state index is 13.7. The van der Waals surface area contributed by atoms with Crippen LogP contribution in [0.2, 0.25) is 5.02 Å². The molecule has 0 aliphatic carbocycles. The summed E-state index contributed by atoms with van der Waals surface area (Å²) in [6.07, 6.45) is 0. The first-order valence-corrected chi connectivity index (χ1v) is 9.75. The molecule has 3 aromatic carbocycles. The first kappa shape index (κ1) is 20.6. The number of halogens is 2. The molecule has 156 valence electrons. The summed E-state index contributed by atoms with van der Waals surface area (Å²) in [7, 11) is 1.50. The number of aliphatic hydroxyl groups excluding tert-OH is 1. The van der Waals surface area contributed by atoms with E-state index in [2.05, 4.69) is 0 Å². The van der Waals surface area contributed by atoms with Gasteiger partial charge in [0.2, 0.25) is 0 Å². The van der Waals surface area contributed by atoms with E-state index in [0.29, 0.717) is 16.9 Å². The van der Waals surface area contributed by atoms with Crippen LogP contribution in [0.5, 0.6) is 5.75 Å². The van der Waals surface area contributed by atoms with Gasteiger partial charge in [0.1, 0.15) is 17.3 Å². The Morgan fingerprint density at radius 1 is 1.03 bits per heavy atom. The Bertz CT molecular complexity index is 1210. The number of ketones is 1. The lowest BCUT2D eigenvalue weighted by Gasteiger charge is -2.26. The molecule has 0 spiro atoms. The number of rotatable bonds is 4. The van der Waals surface area contributed by atoms with Crippen LogP contribution in [0.15, 0.2) is 78.4 Å². The largest absolute Gasteiger partial charge is 0.507 e. The summed E-state index contributed by atoms with van der Waals surface area (Å²) in [6, 6.07) is 18.1. The summed E-state index contributed by atoms with van der Waals surface area (Å²) in [5, 5.41) is 10.8. The number of amides is 1. The van der Waals surface area contributed by atoms with Gasteiger partial charge in [-0.25, -0.2) is 4.39 Å². The zero-order valence-electron chi connectivity index (χ0n) is 16.4. The minimum absolute atomic E-state index is 0.0788. The fraction of sp³-hybridized carbons (Fsp3) is 0.0833. The number of anilines is 1. The Hall–Kier alpha value is -3.64. The lowest BCUT2D eigenvalue weighted by atomic mass is 9.95. The molecule has 1 atom stereocenters. The van der Waals surface area contributed by atoms with Gasteiger partial charge in [-0.15, -0.1) is 0 Å². The molecule has 31 heavy (non-hydrogen) atoms. The van der Waals surface area contributed by atoms with Crippen LogP contribution in [-0.2, 0) is 9.59 Å². The van der Waals surface area contributed by atoms with Crippen LogP contribution in [0.25, 0.3) is 5.76 Å². The molecular formula is C24H17ClFNO4. The van der Waals surface area contributed by atoms with Gasteiger partial charge in [0, 0.05) is 11.3 Å². The molecule has 7 heteroatoms. The Morgan fingerprint density at radius 2 is 1.77 bits per heavy atom. The topological polar surface area (TPSA) is 66.8 Å². The third-order valence-corrected chi connectivity index (χ3v) is 5.37. The number of ether oxygens (including phenoxy) is 1. The maximum Gasteiger partial charge on any atom is 0.300 e. The van der Waals surface area contributed by atoms with Gasteiger partial charge in [-0.05, 0) is 35.9 Å². The number of carbonyl (C=O) groups excluding carboxylic acids is 2. The Balaban J connectivity index is 1.97. The van der Waals surface area contributed by atoms with Crippen LogP contribution in [0.3, 0.4) is 0 Å². The fourth-order valence-electron chi connectivity index (χ4n) is 3.61. The number of hydrogen-bond donors (Lipinski definition) is 1. The van der Waals surface area contributed by atoms with Crippen molar-refractivity contribution in [2.24, 2.45) is 0 Å². The predicted octanol–water partition coefficient (Wildman–Crippen LogP) is 5.11. The van der Waals surface area contributed by atoms with E-state index < -0.39 is 23.5 Å². The van der Waals surface area contributed by atoms with Crippen molar-refractivity contribution in [2.45, 2.75) is 6.04 Å². The highest BCUT2D eigenvalue weighted by Crippen LogP contribution is 2.43. The minimum atomic E-state index is -0.961. The molecular weight excluding hydrogens is 421 g/mol. The van der Waals surface area contributed by atoms with E-state index in [0.717, 1.165) is 6.07 Å². The lowest BCUT2D eigenvalue weighted by molar-refractivity contribution is -0.132. The molecule has 5 nitrogen and oxygen atoms in total. The molecule has 4 rings (SSSR count). The second-order valence-corrected chi connectivity index (χ2v) is 7.32. The van der Waals surface area contributed by atoms with Gasteiger partial charge in [0.25, 0.3) is 11.7 Å². The first-order chi connectivity index (χ1) is 14.9. The Kier molecular flexibility index (Phi) is 5.48. The number of benzene rings is 3. The van der Waals surface area contributed by atoms with Crippen LogP contribution in [0.1, 0.15) is 17.2 Å². The number of carbonyl (C=O) groups is 2. The molecule has 0 saturated carbocycles. The summed E-state index contributed by atoms with van der Waals surface area (Å²) in [5.74, 6) is -2.14. The molecule has 0 radical (unpaired) electrons. The van der Waals surface area contributed by atoms with Crippen LogP contribution in [0.4, 0.5) is 10.1 Å². The predicted molar refractivity (Wildman–Crippen MR) is 116 cm³/mol. The van der Waals surface area contributed by atoms with E-state index in [1.165, 1.54) is 24.1 Å². The SMILES string of the molecule is COc1cccc(C2/C(=C(\O)c3ccccc3)C(=O)C(=O)N2c2ccc(F)c(Cl)c2)c1. The van der Waals surface area contributed by atoms with E-state index in [4.69, 9.17) is 16.3 Å². The van der Waals surface area contributed by atoms with Crippen molar-refractivity contribution >= 4 is 34.7 Å². The normalized spacial score (nSPS) is 17.8. The van der Waals surface area contributed by atoms with Gasteiger partial charge in [-0.3, -0.25) is 14.5 Å². The summed E-state index contributed by atoms with van der Waals surface area (Å²) in [4.78, 5) is 27.3. The van der Waals surface area contributed by atoms with Crippen LogP contribution in [0, 0.1) is 5.82 Å². The molecule has 1 saturated heterocycles. The molecule has 1 N–H and O–H groups in total. The molecule has 3 aromatic rings. The Labute approximate surface area is 182 Å². The van der Waals surface area contributed by atoms with Gasteiger partial charge in [0.15, 0.2) is 0 Å². The highest BCUT2D eigenvalue weighted by atomic mass is 35.5. The van der Waals surface area contributed by atoms with Crippen molar-refractivity contribution in [2.75, 3.05) is 12.0 Å². The van der Waals surface area contributed by atoms with Gasteiger partial charge < -0.3 is 9.84 Å². The smallest absolute Gasteiger partial charge is 0.300 e. The highest BCUT2D eigenvalue weighted by Gasteiger charge is 2.47. The minimum Gasteiger partial charge on any atom is -0.507 e.